The van der Waals surface area contributed by atoms with Crippen LogP contribution in [0.4, 0.5) is 13.2 Å². The lowest BCUT2D eigenvalue weighted by atomic mass is 10.2. The fraction of sp³-hybridized carbons (Fsp3) is 0.385. The molecule has 2 N–H and O–H groups in total. The number of amides is 2. The highest BCUT2D eigenvalue weighted by Gasteiger charge is 2.31. The minimum absolute atomic E-state index is 0.132. The van der Waals surface area contributed by atoms with Crippen LogP contribution in [-0.4, -0.2) is 31.3 Å². The summed E-state index contributed by atoms with van der Waals surface area (Å²) in [6.45, 7) is 2.21. The van der Waals surface area contributed by atoms with Gasteiger partial charge in [0.2, 0.25) is 5.91 Å². The van der Waals surface area contributed by atoms with Crippen LogP contribution in [0.1, 0.15) is 23.7 Å². The Hall–Kier alpha value is -2.25. The molecule has 0 fully saturated rings. The van der Waals surface area contributed by atoms with Gasteiger partial charge in [-0.05, 0) is 30.7 Å². The average Bonchev–Trinajstić information content (AvgIpc) is 2.41. The molecule has 0 radical (unpaired) electrons. The van der Waals surface area contributed by atoms with E-state index in [0.717, 1.165) is 18.6 Å². The Morgan fingerprint density at radius 2 is 1.76 bits per heavy atom. The fourth-order valence-electron chi connectivity index (χ4n) is 1.40. The molecule has 0 aliphatic heterocycles. The third-order valence-electron chi connectivity index (χ3n) is 2.33. The lowest BCUT2D eigenvalue weighted by Crippen LogP contribution is -2.37. The smallest absolute Gasteiger partial charge is 0.406 e. The molecule has 0 atom stereocenters. The molecule has 0 aromatic heterocycles. The number of halogens is 3. The van der Waals surface area contributed by atoms with Crippen LogP contribution in [0, 0.1) is 0 Å². The third kappa shape index (κ3) is 6.64. The number of ether oxygens (including phenoxy) is 1. The minimum atomic E-state index is -4.78. The van der Waals surface area contributed by atoms with Gasteiger partial charge < -0.3 is 15.4 Å². The van der Waals surface area contributed by atoms with Crippen molar-refractivity contribution in [3.05, 3.63) is 29.8 Å². The molecule has 8 heteroatoms. The molecule has 0 bridgehead atoms. The van der Waals surface area contributed by atoms with E-state index in [4.69, 9.17) is 0 Å². The van der Waals surface area contributed by atoms with Gasteiger partial charge in [-0.1, -0.05) is 6.92 Å². The zero-order chi connectivity index (χ0) is 15.9. The zero-order valence-corrected chi connectivity index (χ0v) is 11.3. The topological polar surface area (TPSA) is 67.4 Å². The SMILES string of the molecule is CCCNC(=O)CNC(=O)c1ccc(OC(F)(F)F)cc1. The van der Waals surface area contributed by atoms with Gasteiger partial charge in [0.15, 0.2) is 0 Å². The molecule has 2 amide bonds. The van der Waals surface area contributed by atoms with Crippen LogP contribution in [0.15, 0.2) is 24.3 Å². The number of carbonyl (C=O) groups is 2. The summed E-state index contributed by atoms with van der Waals surface area (Å²) in [5.74, 6) is -1.30. The fourth-order valence-corrected chi connectivity index (χ4v) is 1.40. The van der Waals surface area contributed by atoms with Crippen molar-refractivity contribution in [3.8, 4) is 5.75 Å². The normalized spacial score (nSPS) is 10.9. The second kappa shape index (κ2) is 7.51. The van der Waals surface area contributed by atoms with Gasteiger partial charge in [-0.15, -0.1) is 13.2 Å². The van der Waals surface area contributed by atoms with Crippen LogP contribution < -0.4 is 15.4 Å². The van der Waals surface area contributed by atoms with E-state index < -0.39 is 18.0 Å². The number of hydrogen-bond donors (Lipinski definition) is 2. The van der Waals surface area contributed by atoms with Crippen molar-refractivity contribution < 1.29 is 27.5 Å². The van der Waals surface area contributed by atoms with Crippen molar-refractivity contribution in [2.45, 2.75) is 19.7 Å². The highest BCUT2D eigenvalue weighted by molar-refractivity contribution is 5.96. The second-order valence-corrected chi connectivity index (χ2v) is 4.10. The predicted octanol–water partition coefficient (Wildman–Crippen LogP) is 1.84. The monoisotopic (exact) mass is 304 g/mol. The van der Waals surface area contributed by atoms with Crippen LogP contribution in [-0.2, 0) is 4.79 Å². The average molecular weight is 304 g/mol. The number of benzene rings is 1. The van der Waals surface area contributed by atoms with E-state index in [0.29, 0.717) is 6.54 Å². The van der Waals surface area contributed by atoms with Crippen molar-refractivity contribution in [1.29, 1.82) is 0 Å². The molecule has 116 valence electrons. The quantitative estimate of drug-likeness (QED) is 0.842. The molecular weight excluding hydrogens is 289 g/mol. The van der Waals surface area contributed by atoms with Crippen LogP contribution >= 0.6 is 0 Å². The highest BCUT2D eigenvalue weighted by atomic mass is 19.4. The van der Waals surface area contributed by atoms with Crippen LogP contribution in [0.2, 0.25) is 0 Å². The van der Waals surface area contributed by atoms with Crippen molar-refractivity contribution in [3.63, 3.8) is 0 Å². The Morgan fingerprint density at radius 3 is 2.29 bits per heavy atom. The maximum Gasteiger partial charge on any atom is 0.573 e. The van der Waals surface area contributed by atoms with E-state index in [-0.39, 0.29) is 18.0 Å². The van der Waals surface area contributed by atoms with Gasteiger partial charge in [0.1, 0.15) is 5.75 Å². The van der Waals surface area contributed by atoms with E-state index in [9.17, 15) is 22.8 Å². The molecule has 0 saturated heterocycles. The van der Waals surface area contributed by atoms with Crippen LogP contribution in [0.25, 0.3) is 0 Å². The van der Waals surface area contributed by atoms with Gasteiger partial charge >= 0.3 is 6.36 Å². The summed E-state index contributed by atoms with van der Waals surface area (Å²) in [5.41, 5.74) is 0.132. The highest BCUT2D eigenvalue weighted by Crippen LogP contribution is 2.22. The van der Waals surface area contributed by atoms with Crippen LogP contribution in [0.5, 0.6) is 5.75 Å². The summed E-state index contributed by atoms with van der Waals surface area (Å²) in [5, 5.41) is 4.94. The van der Waals surface area contributed by atoms with Crippen molar-refractivity contribution >= 4 is 11.8 Å². The molecule has 0 unspecified atom stereocenters. The molecule has 0 aliphatic rings. The Bertz CT molecular complexity index is 486. The standard InChI is InChI=1S/C13H15F3N2O3/c1-2-7-17-11(19)8-18-12(20)9-3-5-10(6-4-9)21-13(14,15)16/h3-6H,2,7-8H2,1H3,(H,17,19)(H,18,20). The van der Waals surface area contributed by atoms with E-state index in [1.807, 2.05) is 6.92 Å². The Morgan fingerprint density at radius 1 is 1.14 bits per heavy atom. The van der Waals surface area contributed by atoms with E-state index in [1.54, 1.807) is 0 Å². The maximum absolute atomic E-state index is 12.0. The van der Waals surface area contributed by atoms with E-state index >= 15 is 0 Å². The summed E-state index contributed by atoms with van der Waals surface area (Å²) in [7, 11) is 0. The van der Waals surface area contributed by atoms with Gasteiger partial charge in [0.05, 0.1) is 6.54 Å². The molecule has 0 saturated carbocycles. The number of rotatable bonds is 6. The van der Waals surface area contributed by atoms with Gasteiger partial charge in [0.25, 0.3) is 5.91 Å². The minimum Gasteiger partial charge on any atom is -0.406 e. The summed E-state index contributed by atoms with van der Waals surface area (Å²) in [4.78, 5) is 22.9. The first kappa shape index (κ1) is 16.8. The first-order valence-corrected chi connectivity index (χ1v) is 6.22. The van der Waals surface area contributed by atoms with Crippen molar-refractivity contribution in [1.82, 2.24) is 10.6 Å². The third-order valence-corrected chi connectivity index (χ3v) is 2.33. The maximum atomic E-state index is 12.0. The van der Waals surface area contributed by atoms with E-state index in [1.165, 1.54) is 12.1 Å². The lowest BCUT2D eigenvalue weighted by molar-refractivity contribution is -0.274. The molecule has 1 aromatic rings. The first-order valence-electron chi connectivity index (χ1n) is 6.22. The number of alkyl halides is 3. The number of nitrogens with one attached hydrogen (secondary N) is 2. The summed E-state index contributed by atoms with van der Waals surface area (Å²) >= 11 is 0. The number of hydrogen-bond acceptors (Lipinski definition) is 3. The van der Waals surface area contributed by atoms with E-state index in [2.05, 4.69) is 15.4 Å². The Kier molecular flexibility index (Phi) is 6.01. The van der Waals surface area contributed by atoms with Gasteiger partial charge in [0, 0.05) is 12.1 Å². The summed E-state index contributed by atoms with van der Waals surface area (Å²) in [6.07, 6.45) is -4.00. The molecule has 5 nitrogen and oxygen atoms in total. The molecule has 0 heterocycles. The molecule has 1 aromatic carbocycles. The predicted molar refractivity (Wildman–Crippen MR) is 68.8 cm³/mol. The Labute approximate surface area is 119 Å². The first-order chi connectivity index (χ1) is 9.81. The number of carbonyl (C=O) groups excluding carboxylic acids is 2. The van der Waals surface area contributed by atoms with Crippen LogP contribution in [0.3, 0.4) is 0 Å². The summed E-state index contributed by atoms with van der Waals surface area (Å²) < 4.78 is 39.6. The van der Waals surface area contributed by atoms with Gasteiger partial charge in [-0.3, -0.25) is 9.59 Å². The molecule has 1 rings (SSSR count). The summed E-state index contributed by atoms with van der Waals surface area (Å²) in [6, 6.07) is 4.42. The molecule has 0 aliphatic carbocycles. The molecule has 21 heavy (non-hydrogen) atoms. The van der Waals surface area contributed by atoms with Gasteiger partial charge in [-0.25, -0.2) is 0 Å². The van der Waals surface area contributed by atoms with Gasteiger partial charge in [-0.2, -0.15) is 0 Å². The second-order valence-electron chi connectivity index (χ2n) is 4.10. The molecular formula is C13H15F3N2O3. The molecule has 0 spiro atoms. The largest absolute Gasteiger partial charge is 0.573 e. The van der Waals surface area contributed by atoms with Crippen molar-refractivity contribution in [2.24, 2.45) is 0 Å². The lowest BCUT2D eigenvalue weighted by Gasteiger charge is -2.09. The Balaban J connectivity index is 2.50. The zero-order valence-electron chi connectivity index (χ0n) is 11.3. The van der Waals surface area contributed by atoms with Crippen molar-refractivity contribution in [2.75, 3.05) is 13.1 Å².